The van der Waals surface area contributed by atoms with Crippen molar-refractivity contribution in [2.75, 3.05) is 6.61 Å². The number of carbonyl (C=O) groups excluding carboxylic acids is 1. The number of allylic oxidation sites excluding steroid dienone is 1. The fraction of sp³-hybridized carbons (Fsp3) is 0.167. The van der Waals surface area contributed by atoms with Crippen molar-refractivity contribution in [3.8, 4) is 5.75 Å². The molecule has 1 aromatic heterocycles. The Kier molecular flexibility index (Phi) is 7.70. The molecule has 0 amide bonds. The van der Waals surface area contributed by atoms with Crippen LogP contribution in [0.5, 0.6) is 5.75 Å². The summed E-state index contributed by atoms with van der Waals surface area (Å²) in [7, 11) is 0. The van der Waals surface area contributed by atoms with E-state index in [0.29, 0.717) is 26.4 Å². The normalized spacial score (nSPS) is 14.8. The van der Waals surface area contributed by atoms with Crippen LogP contribution >= 0.6 is 11.3 Å². The molecule has 10 heteroatoms. The van der Waals surface area contributed by atoms with Crippen LogP contribution in [0.2, 0.25) is 0 Å². The lowest BCUT2D eigenvalue weighted by molar-refractivity contribution is -0.384. The summed E-state index contributed by atoms with van der Waals surface area (Å²) in [5.41, 5.74) is 2.95. The quantitative estimate of drug-likeness (QED) is 0.182. The minimum Gasteiger partial charge on any atom is -0.489 e. The number of nitrogens with zero attached hydrogens (tertiary/aromatic N) is 3. The Balaban J connectivity index is 1.48. The zero-order valence-electron chi connectivity index (χ0n) is 21.8. The molecule has 9 nitrogen and oxygen atoms in total. The number of ether oxygens (including phenoxy) is 2. The summed E-state index contributed by atoms with van der Waals surface area (Å²) in [5.74, 6) is 0.0900. The molecule has 40 heavy (non-hydrogen) atoms. The van der Waals surface area contributed by atoms with Gasteiger partial charge in [-0.1, -0.05) is 53.8 Å². The van der Waals surface area contributed by atoms with Gasteiger partial charge in [-0.3, -0.25) is 19.5 Å². The Morgan fingerprint density at radius 3 is 2.55 bits per heavy atom. The summed E-state index contributed by atoms with van der Waals surface area (Å²) >= 11 is 1.25. The van der Waals surface area contributed by atoms with Crippen LogP contribution in [0.1, 0.15) is 36.6 Å². The average Bonchev–Trinajstić information content (AvgIpc) is 3.26. The first-order valence-electron chi connectivity index (χ1n) is 12.6. The van der Waals surface area contributed by atoms with Gasteiger partial charge < -0.3 is 9.47 Å². The van der Waals surface area contributed by atoms with E-state index in [1.165, 1.54) is 23.5 Å². The molecule has 0 saturated carbocycles. The van der Waals surface area contributed by atoms with Crippen LogP contribution in [0.25, 0.3) is 6.08 Å². The molecule has 4 aromatic rings. The van der Waals surface area contributed by atoms with Gasteiger partial charge in [-0.05, 0) is 60.9 Å². The van der Waals surface area contributed by atoms with Crippen LogP contribution in [0.4, 0.5) is 5.69 Å². The number of esters is 1. The highest BCUT2D eigenvalue weighted by Gasteiger charge is 2.33. The second kappa shape index (κ2) is 11.5. The largest absolute Gasteiger partial charge is 0.489 e. The minimum absolute atomic E-state index is 0.0197. The molecule has 202 valence electrons. The fourth-order valence-electron chi connectivity index (χ4n) is 4.47. The number of aromatic nitrogens is 1. The third-order valence-electron chi connectivity index (χ3n) is 6.34. The average molecular weight is 556 g/mol. The molecule has 0 saturated heterocycles. The number of nitro benzene ring substituents is 1. The first kappa shape index (κ1) is 26.8. The summed E-state index contributed by atoms with van der Waals surface area (Å²) < 4.78 is 13.2. The van der Waals surface area contributed by atoms with Gasteiger partial charge in [0.1, 0.15) is 12.4 Å². The molecule has 0 unspecified atom stereocenters. The molecule has 1 aliphatic rings. The van der Waals surface area contributed by atoms with E-state index in [1.54, 1.807) is 42.7 Å². The van der Waals surface area contributed by atoms with Gasteiger partial charge in [0, 0.05) is 12.1 Å². The van der Waals surface area contributed by atoms with Crippen molar-refractivity contribution in [3.05, 3.63) is 137 Å². The van der Waals surface area contributed by atoms with Crippen LogP contribution in [-0.2, 0) is 16.1 Å². The van der Waals surface area contributed by atoms with Gasteiger partial charge in [0.25, 0.3) is 11.2 Å². The maximum absolute atomic E-state index is 13.7. The third kappa shape index (κ3) is 5.48. The highest BCUT2D eigenvalue weighted by molar-refractivity contribution is 7.07. The van der Waals surface area contributed by atoms with E-state index < -0.39 is 16.9 Å². The topological polar surface area (TPSA) is 113 Å². The monoisotopic (exact) mass is 555 g/mol. The molecular formula is C30H25N3O6S. The number of non-ortho nitro benzene ring substituents is 1. The van der Waals surface area contributed by atoms with E-state index in [-0.39, 0.29) is 24.5 Å². The fourth-order valence-corrected chi connectivity index (χ4v) is 5.51. The highest BCUT2D eigenvalue weighted by atomic mass is 32.1. The molecule has 0 bridgehead atoms. The lowest BCUT2D eigenvalue weighted by atomic mass is 9.96. The highest BCUT2D eigenvalue weighted by Crippen LogP contribution is 2.30. The van der Waals surface area contributed by atoms with Crippen LogP contribution in [-0.4, -0.2) is 22.1 Å². The minimum atomic E-state index is -0.657. The molecule has 2 heterocycles. The zero-order valence-corrected chi connectivity index (χ0v) is 22.6. The molecule has 1 aliphatic heterocycles. The summed E-state index contributed by atoms with van der Waals surface area (Å²) in [5, 5.41) is 10.9. The van der Waals surface area contributed by atoms with Gasteiger partial charge in [-0.2, -0.15) is 0 Å². The number of hydrogen-bond acceptors (Lipinski definition) is 8. The van der Waals surface area contributed by atoms with Gasteiger partial charge >= 0.3 is 5.97 Å². The third-order valence-corrected chi connectivity index (χ3v) is 7.32. The molecule has 3 aromatic carbocycles. The van der Waals surface area contributed by atoms with Crippen LogP contribution in [0, 0.1) is 10.1 Å². The Bertz CT molecular complexity index is 1790. The van der Waals surface area contributed by atoms with Gasteiger partial charge in [0.2, 0.25) is 0 Å². The molecule has 0 radical (unpaired) electrons. The van der Waals surface area contributed by atoms with Crippen LogP contribution < -0.4 is 19.6 Å². The second-order valence-electron chi connectivity index (χ2n) is 9.00. The van der Waals surface area contributed by atoms with Crippen molar-refractivity contribution >= 4 is 29.1 Å². The Labute approximate surface area is 233 Å². The molecule has 0 spiro atoms. The Morgan fingerprint density at radius 1 is 1.10 bits per heavy atom. The van der Waals surface area contributed by atoms with Gasteiger partial charge in [0.15, 0.2) is 4.80 Å². The van der Waals surface area contributed by atoms with E-state index in [9.17, 15) is 19.7 Å². The molecule has 0 N–H and O–H groups in total. The van der Waals surface area contributed by atoms with Crippen molar-refractivity contribution in [1.29, 1.82) is 0 Å². The van der Waals surface area contributed by atoms with Gasteiger partial charge in [0.05, 0.1) is 33.4 Å². The standard InChI is InChI=1S/C30H25N3O6S/c1-3-38-29(35)26-19(2)31-30-32(27(26)22-9-5-4-6-10-22)28(34)25(40-30)17-21-8-7-11-24(16-21)39-18-20-12-14-23(15-13-20)33(36)37/h4-17,27H,3,18H2,1-2H3/b25-17+/t27-/m1/s1. The number of fused-ring (bicyclic) bond motifs is 1. The summed E-state index contributed by atoms with van der Waals surface area (Å²) in [4.78, 5) is 42.2. The molecule has 5 rings (SSSR count). The maximum Gasteiger partial charge on any atom is 0.338 e. The molecule has 1 atom stereocenters. The first-order chi connectivity index (χ1) is 19.4. The number of hydrogen-bond donors (Lipinski definition) is 0. The van der Waals surface area contributed by atoms with E-state index in [2.05, 4.69) is 4.99 Å². The first-order valence-corrected chi connectivity index (χ1v) is 13.4. The number of nitro groups is 1. The smallest absolute Gasteiger partial charge is 0.338 e. The van der Waals surface area contributed by atoms with Gasteiger partial charge in [-0.25, -0.2) is 9.79 Å². The summed E-state index contributed by atoms with van der Waals surface area (Å²) in [6.45, 7) is 3.94. The van der Waals surface area contributed by atoms with E-state index in [0.717, 1.165) is 16.7 Å². The molecule has 0 fully saturated rings. The number of benzene rings is 3. The Hall–Kier alpha value is -4.83. The summed E-state index contributed by atoms with van der Waals surface area (Å²) in [6.07, 6.45) is 1.77. The van der Waals surface area contributed by atoms with Crippen molar-refractivity contribution in [2.24, 2.45) is 4.99 Å². The number of rotatable bonds is 8. The van der Waals surface area contributed by atoms with Crippen molar-refractivity contribution in [1.82, 2.24) is 4.57 Å². The maximum atomic E-state index is 13.7. The lowest BCUT2D eigenvalue weighted by Crippen LogP contribution is -2.39. The Morgan fingerprint density at radius 2 is 1.85 bits per heavy atom. The summed E-state index contributed by atoms with van der Waals surface area (Å²) in [6, 6.07) is 22.2. The van der Waals surface area contributed by atoms with E-state index in [1.807, 2.05) is 48.5 Å². The molecule has 0 aliphatic carbocycles. The second-order valence-corrected chi connectivity index (χ2v) is 10.0. The van der Waals surface area contributed by atoms with E-state index >= 15 is 0 Å². The number of carbonyl (C=O) groups is 1. The van der Waals surface area contributed by atoms with Crippen molar-refractivity contribution < 1.29 is 19.2 Å². The van der Waals surface area contributed by atoms with Crippen molar-refractivity contribution in [3.63, 3.8) is 0 Å². The predicted molar refractivity (Wildman–Crippen MR) is 151 cm³/mol. The lowest BCUT2D eigenvalue weighted by Gasteiger charge is -2.24. The molecular weight excluding hydrogens is 530 g/mol. The van der Waals surface area contributed by atoms with Crippen LogP contribution in [0.3, 0.4) is 0 Å². The predicted octanol–water partition coefficient (Wildman–Crippen LogP) is 4.29. The number of thiazole rings is 1. The van der Waals surface area contributed by atoms with E-state index in [4.69, 9.17) is 9.47 Å². The van der Waals surface area contributed by atoms with Crippen LogP contribution in [0.15, 0.2) is 99.9 Å². The zero-order chi connectivity index (χ0) is 28.2. The SMILES string of the molecule is CCOC(=O)C1=C(C)N=c2s/c(=C/c3cccc(OCc4ccc([N+](=O)[O-])cc4)c3)c(=O)n2[C@@H]1c1ccccc1. The van der Waals surface area contributed by atoms with Gasteiger partial charge in [-0.15, -0.1) is 0 Å². The van der Waals surface area contributed by atoms with Crippen molar-refractivity contribution in [2.45, 2.75) is 26.5 Å².